The van der Waals surface area contributed by atoms with Gasteiger partial charge in [-0.2, -0.15) is 0 Å². The van der Waals surface area contributed by atoms with Gasteiger partial charge in [0, 0.05) is 25.5 Å². The van der Waals surface area contributed by atoms with E-state index in [0.717, 1.165) is 49.8 Å². The van der Waals surface area contributed by atoms with Crippen molar-refractivity contribution >= 4 is 5.82 Å². The minimum Gasteiger partial charge on any atom is -0.393 e. The van der Waals surface area contributed by atoms with Crippen molar-refractivity contribution in [1.82, 2.24) is 14.9 Å². The van der Waals surface area contributed by atoms with E-state index in [-0.39, 0.29) is 6.10 Å². The number of piperidine rings is 1. The molecule has 0 aromatic carbocycles. The summed E-state index contributed by atoms with van der Waals surface area (Å²) in [7, 11) is 2.22. The largest absolute Gasteiger partial charge is 0.393 e. The monoisotopic (exact) mass is 304 g/mol. The first-order chi connectivity index (χ1) is 10.7. The van der Waals surface area contributed by atoms with Crippen LogP contribution in [0.25, 0.3) is 0 Å². The molecule has 0 bridgehead atoms. The predicted octanol–water partition coefficient (Wildman–Crippen LogP) is 1.71. The quantitative estimate of drug-likeness (QED) is 0.921. The van der Waals surface area contributed by atoms with Gasteiger partial charge in [-0.3, -0.25) is 4.98 Å². The van der Waals surface area contributed by atoms with Gasteiger partial charge in [-0.15, -0.1) is 0 Å². The van der Waals surface area contributed by atoms with Gasteiger partial charge >= 0.3 is 0 Å². The Morgan fingerprint density at radius 1 is 1.05 bits per heavy atom. The topological polar surface area (TPSA) is 52.5 Å². The van der Waals surface area contributed by atoms with Gasteiger partial charge in [0.05, 0.1) is 11.8 Å². The van der Waals surface area contributed by atoms with Crippen molar-refractivity contribution in [3.05, 3.63) is 18.1 Å². The molecule has 1 atom stereocenters. The minimum absolute atomic E-state index is 0.145. The third kappa shape index (κ3) is 3.96. The van der Waals surface area contributed by atoms with Crippen molar-refractivity contribution in [2.75, 3.05) is 38.1 Å². The van der Waals surface area contributed by atoms with Crippen molar-refractivity contribution in [3.8, 4) is 0 Å². The normalized spacial score (nSPS) is 25.2. The fourth-order valence-electron chi connectivity index (χ4n) is 3.63. The molecule has 2 fully saturated rings. The molecule has 5 heteroatoms. The molecule has 2 aliphatic heterocycles. The van der Waals surface area contributed by atoms with E-state index < -0.39 is 0 Å². The molecule has 0 spiro atoms. The zero-order chi connectivity index (χ0) is 15.4. The Hall–Kier alpha value is -1.20. The second-order valence-electron chi connectivity index (χ2n) is 6.85. The number of aliphatic hydroxyl groups excluding tert-OH is 1. The highest BCUT2D eigenvalue weighted by molar-refractivity contribution is 5.43. The van der Waals surface area contributed by atoms with Gasteiger partial charge in [-0.25, -0.2) is 4.98 Å². The standard InChI is InChI=1S/C17H28N4O/c1-20-9-2-3-14(4-10-20)13-16-17(19-8-7-18-16)21-11-5-15(22)6-12-21/h7-8,14-15,22H,2-6,9-13H2,1H3/t14-/m1/s1. The van der Waals surface area contributed by atoms with Crippen LogP contribution >= 0.6 is 0 Å². The summed E-state index contributed by atoms with van der Waals surface area (Å²) in [5.41, 5.74) is 1.15. The van der Waals surface area contributed by atoms with E-state index >= 15 is 0 Å². The summed E-state index contributed by atoms with van der Waals surface area (Å²) in [4.78, 5) is 14.0. The SMILES string of the molecule is CN1CCC[C@@H](Cc2nccnc2N2CCC(O)CC2)CC1. The molecule has 0 saturated carbocycles. The molecule has 3 heterocycles. The summed E-state index contributed by atoms with van der Waals surface area (Å²) in [6.07, 6.45) is 10.0. The Bertz CT molecular complexity index is 473. The van der Waals surface area contributed by atoms with E-state index in [1.54, 1.807) is 6.20 Å². The molecule has 0 radical (unpaired) electrons. The molecule has 0 unspecified atom stereocenters. The molecule has 22 heavy (non-hydrogen) atoms. The maximum Gasteiger partial charge on any atom is 0.150 e. The third-order valence-corrected chi connectivity index (χ3v) is 5.07. The van der Waals surface area contributed by atoms with E-state index in [2.05, 4.69) is 26.8 Å². The van der Waals surface area contributed by atoms with Crippen LogP contribution in [0.15, 0.2) is 12.4 Å². The van der Waals surface area contributed by atoms with Gasteiger partial charge in [0.1, 0.15) is 5.82 Å². The number of hydrogen-bond donors (Lipinski definition) is 1. The molecule has 122 valence electrons. The average Bonchev–Trinajstić information content (AvgIpc) is 2.74. The van der Waals surface area contributed by atoms with Crippen molar-refractivity contribution in [1.29, 1.82) is 0 Å². The smallest absolute Gasteiger partial charge is 0.150 e. The van der Waals surface area contributed by atoms with Crippen LogP contribution in [-0.2, 0) is 6.42 Å². The highest BCUT2D eigenvalue weighted by atomic mass is 16.3. The molecule has 2 aliphatic rings. The number of rotatable bonds is 3. The van der Waals surface area contributed by atoms with E-state index in [0.29, 0.717) is 0 Å². The lowest BCUT2D eigenvalue weighted by molar-refractivity contribution is 0.145. The number of aromatic nitrogens is 2. The first kappa shape index (κ1) is 15.7. The van der Waals surface area contributed by atoms with Crippen molar-refractivity contribution in [2.45, 2.75) is 44.6 Å². The van der Waals surface area contributed by atoms with Crippen LogP contribution in [0, 0.1) is 5.92 Å². The second-order valence-corrected chi connectivity index (χ2v) is 6.85. The fraction of sp³-hybridized carbons (Fsp3) is 0.765. The van der Waals surface area contributed by atoms with Crippen LogP contribution in [0.4, 0.5) is 5.82 Å². The summed E-state index contributed by atoms with van der Waals surface area (Å²) in [6.45, 7) is 4.19. The van der Waals surface area contributed by atoms with Crippen molar-refractivity contribution < 1.29 is 5.11 Å². The highest BCUT2D eigenvalue weighted by Gasteiger charge is 2.23. The maximum atomic E-state index is 9.69. The van der Waals surface area contributed by atoms with Gasteiger partial charge < -0.3 is 14.9 Å². The Kier molecular flexibility index (Phi) is 5.26. The molecular formula is C17H28N4O. The summed E-state index contributed by atoms with van der Waals surface area (Å²) < 4.78 is 0. The van der Waals surface area contributed by atoms with E-state index in [1.807, 2.05) is 6.20 Å². The Morgan fingerprint density at radius 3 is 2.64 bits per heavy atom. The lowest BCUT2D eigenvalue weighted by atomic mass is 9.94. The van der Waals surface area contributed by atoms with Gasteiger partial charge in [0.25, 0.3) is 0 Å². The zero-order valence-electron chi connectivity index (χ0n) is 13.6. The van der Waals surface area contributed by atoms with Crippen LogP contribution in [0.2, 0.25) is 0 Å². The Morgan fingerprint density at radius 2 is 1.82 bits per heavy atom. The van der Waals surface area contributed by atoms with Gasteiger partial charge in [-0.05, 0) is 64.6 Å². The lowest BCUT2D eigenvalue weighted by Gasteiger charge is -2.31. The van der Waals surface area contributed by atoms with Crippen LogP contribution in [0.1, 0.15) is 37.8 Å². The number of aliphatic hydroxyl groups is 1. The second kappa shape index (κ2) is 7.38. The summed E-state index contributed by atoms with van der Waals surface area (Å²) in [5, 5.41) is 9.69. The van der Waals surface area contributed by atoms with E-state index in [1.165, 1.54) is 32.4 Å². The van der Waals surface area contributed by atoms with Crippen LogP contribution in [0.3, 0.4) is 0 Å². The van der Waals surface area contributed by atoms with E-state index in [9.17, 15) is 5.11 Å². The van der Waals surface area contributed by atoms with Crippen LogP contribution in [0.5, 0.6) is 0 Å². The average molecular weight is 304 g/mol. The molecule has 1 aromatic rings. The molecular weight excluding hydrogens is 276 g/mol. The molecule has 0 amide bonds. The first-order valence-electron chi connectivity index (χ1n) is 8.64. The minimum atomic E-state index is -0.145. The number of hydrogen-bond acceptors (Lipinski definition) is 5. The third-order valence-electron chi connectivity index (χ3n) is 5.07. The lowest BCUT2D eigenvalue weighted by Crippen LogP contribution is -2.37. The number of anilines is 1. The van der Waals surface area contributed by atoms with Crippen LogP contribution < -0.4 is 4.90 Å². The number of nitrogens with zero attached hydrogens (tertiary/aromatic N) is 4. The molecule has 0 aliphatic carbocycles. The predicted molar refractivity (Wildman–Crippen MR) is 88.0 cm³/mol. The Balaban J connectivity index is 1.68. The molecule has 1 aromatic heterocycles. The molecule has 1 N–H and O–H groups in total. The molecule has 3 rings (SSSR count). The fourth-order valence-corrected chi connectivity index (χ4v) is 3.63. The molecule has 5 nitrogen and oxygen atoms in total. The summed E-state index contributed by atoms with van der Waals surface area (Å²) in [5.74, 6) is 1.77. The zero-order valence-corrected chi connectivity index (χ0v) is 13.6. The van der Waals surface area contributed by atoms with Gasteiger partial charge in [0.2, 0.25) is 0 Å². The molecule has 2 saturated heterocycles. The van der Waals surface area contributed by atoms with Gasteiger partial charge in [-0.1, -0.05) is 0 Å². The summed E-state index contributed by atoms with van der Waals surface area (Å²) in [6, 6.07) is 0. The summed E-state index contributed by atoms with van der Waals surface area (Å²) >= 11 is 0. The van der Waals surface area contributed by atoms with Crippen molar-refractivity contribution in [2.24, 2.45) is 5.92 Å². The van der Waals surface area contributed by atoms with Gasteiger partial charge in [0.15, 0.2) is 0 Å². The van der Waals surface area contributed by atoms with E-state index in [4.69, 9.17) is 0 Å². The van der Waals surface area contributed by atoms with Crippen LogP contribution in [-0.4, -0.2) is 59.3 Å². The van der Waals surface area contributed by atoms with Crippen molar-refractivity contribution in [3.63, 3.8) is 0 Å². The highest BCUT2D eigenvalue weighted by Crippen LogP contribution is 2.26. The maximum absolute atomic E-state index is 9.69. The first-order valence-corrected chi connectivity index (χ1v) is 8.64. The number of likely N-dealkylation sites (tertiary alicyclic amines) is 1. The Labute approximate surface area is 133 Å².